The number of anilines is 1. The maximum absolute atomic E-state index is 15.0. The fourth-order valence-corrected chi connectivity index (χ4v) is 4.77. The summed E-state index contributed by atoms with van der Waals surface area (Å²) >= 11 is 0. The number of halogens is 1. The number of carbonyl (C=O) groups is 1. The summed E-state index contributed by atoms with van der Waals surface area (Å²) < 4.78 is 44.1. The molecule has 0 spiro atoms. The highest BCUT2D eigenvalue weighted by Gasteiger charge is 2.22. The SMILES string of the molecule is CS(=O)(=O)c1cccc(C(CO)NC(=O)c2ccc(-c3nc(C4CCOCC4)cnc3N)cc2F)c1. The van der Waals surface area contributed by atoms with Crippen molar-refractivity contribution in [3.8, 4) is 11.3 Å². The highest BCUT2D eigenvalue weighted by molar-refractivity contribution is 7.90. The van der Waals surface area contributed by atoms with Crippen LogP contribution in [0.3, 0.4) is 0 Å². The second-order valence-corrected chi connectivity index (χ2v) is 10.7. The summed E-state index contributed by atoms with van der Waals surface area (Å²) in [4.78, 5) is 21.7. The van der Waals surface area contributed by atoms with Crippen LogP contribution in [0, 0.1) is 5.82 Å². The van der Waals surface area contributed by atoms with Gasteiger partial charge >= 0.3 is 0 Å². The second-order valence-electron chi connectivity index (χ2n) is 8.66. The molecule has 0 bridgehead atoms. The number of amides is 1. The molecule has 1 atom stereocenters. The number of sulfone groups is 1. The van der Waals surface area contributed by atoms with Crippen LogP contribution in [-0.2, 0) is 14.6 Å². The number of carbonyl (C=O) groups excluding carboxylic acids is 1. The molecular formula is C25H27FN4O5S. The van der Waals surface area contributed by atoms with E-state index in [0.29, 0.717) is 30.0 Å². The van der Waals surface area contributed by atoms with E-state index >= 15 is 4.39 Å². The number of nitrogens with two attached hydrogens (primary N) is 1. The minimum Gasteiger partial charge on any atom is -0.394 e. The number of rotatable bonds is 7. The van der Waals surface area contributed by atoms with Crippen LogP contribution >= 0.6 is 0 Å². The predicted molar refractivity (Wildman–Crippen MR) is 131 cm³/mol. The van der Waals surface area contributed by atoms with Crippen LogP contribution in [0.15, 0.2) is 53.6 Å². The zero-order valence-electron chi connectivity index (χ0n) is 19.6. The quantitative estimate of drug-likeness (QED) is 0.436. The van der Waals surface area contributed by atoms with Crippen molar-refractivity contribution in [2.24, 2.45) is 0 Å². The van der Waals surface area contributed by atoms with Gasteiger partial charge in [0.05, 0.1) is 35.0 Å². The topological polar surface area (TPSA) is 144 Å². The Morgan fingerprint density at radius 2 is 2.00 bits per heavy atom. The Bertz CT molecular complexity index is 1380. The number of ether oxygens (including phenoxy) is 1. The van der Waals surface area contributed by atoms with Gasteiger partial charge in [-0.15, -0.1) is 0 Å². The highest BCUT2D eigenvalue weighted by atomic mass is 32.2. The van der Waals surface area contributed by atoms with Gasteiger partial charge < -0.3 is 20.9 Å². The highest BCUT2D eigenvalue weighted by Crippen LogP contribution is 2.30. The first kappa shape index (κ1) is 25.7. The summed E-state index contributed by atoms with van der Waals surface area (Å²) in [6.45, 7) is 0.763. The smallest absolute Gasteiger partial charge is 0.254 e. The number of aliphatic hydroxyl groups excluding tert-OH is 1. The minimum absolute atomic E-state index is 0.0462. The number of nitrogen functional groups attached to an aromatic ring is 1. The van der Waals surface area contributed by atoms with Crippen molar-refractivity contribution in [2.75, 3.05) is 31.8 Å². The molecule has 0 radical (unpaired) electrons. The largest absolute Gasteiger partial charge is 0.394 e. The van der Waals surface area contributed by atoms with Gasteiger partial charge in [0.15, 0.2) is 9.84 Å². The number of nitrogens with one attached hydrogen (secondary N) is 1. The maximum atomic E-state index is 15.0. The standard InChI is InChI=1S/C25H27FN4O5S/c1-36(33,34)18-4-2-3-16(11-18)22(14-31)30-25(32)19-6-5-17(12-20(19)26)23-24(27)28-13-21(29-23)15-7-9-35-10-8-15/h2-6,11-13,15,22,31H,7-10,14H2,1H3,(H2,27,28)(H,30,32). The molecule has 9 nitrogen and oxygen atoms in total. The lowest BCUT2D eigenvalue weighted by Crippen LogP contribution is -2.31. The Balaban J connectivity index is 1.56. The van der Waals surface area contributed by atoms with Crippen molar-refractivity contribution in [1.82, 2.24) is 15.3 Å². The molecule has 0 saturated carbocycles. The van der Waals surface area contributed by atoms with Crippen molar-refractivity contribution in [2.45, 2.75) is 29.7 Å². The van der Waals surface area contributed by atoms with Crippen molar-refractivity contribution < 1.29 is 27.4 Å². The molecule has 1 saturated heterocycles. The van der Waals surface area contributed by atoms with Gasteiger partial charge in [-0.2, -0.15) is 0 Å². The van der Waals surface area contributed by atoms with Gasteiger partial charge in [0.2, 0.25) is 0 Å². The molecule has 2 aromatic carbocycles. The summed E-state index contributed by atoms with van der Waals surface area (Å²) in [7, 11) is -3.48. The third-order valence-electron chi connectivity index (χ3n) is 6.12. The van der Waals surface area contributed by atoms with Gasteiger partial charge in [-0.05, 0) is 42.7 Å². The van der Waals surface area contributed by atoms with Crippen LogP contribution < -0.4 is 11.1 Å². The number of benzene rings is 2. The van der Waals surface area contributed by atoms with Crippen LogP contribution in [-0.4, -0.2) is 55.5 Å². The number of hydrogen-bond acceptors (Lipinski definition) is 8. The van der Waals surface area contributed by atoms with Crippen molar-refractivity contribution in [3.63, 3.8) is 0 Å². The van der Waals surface area contributed by atoms with Crippen molar-refractivity contribution in [1.29, 1.82) is 0 Å². The number of aromatic nitrogens is 2. The molecule has 3 aromatic rings. The molecule has 4 rings (SSSR count). The Labute approximate surface area is 208 Å². The molecular weight excluding hydrogens is 487 g/mol. The molecule has 0 aliphatic carbocycles. The molecule has 4 N–H and O–H groups in total. The normalized spacial score (nSPS) is 15.4. The Hall–Kier alpha value is -3.41. The zero-order valence-corrected chi connectivity index (χ0v) is 20.5. The van der Waals surface area contributed by atoms with Crippen LogP contribution in [0.5, 0.6) is 0 Å². The monoisotopic (exact) mass is 514 g/mol. The molecule has 11 heteroatoms. The average molecular weight is 515 g/mol. The first-order chi connectivity index (χ1) is 17.2. The third-order valence-corrected chi connectivity index (χ3v) is 7.23. The zero-order chi connectivity index (χ0) is 25.9. The molecule has 2 heterocycles. The Kier molecular flexibility index (Phi) is 7.62. The van der Waals surface area contributed by atoms with E-state index in [1.165, 1.54) is 36.4 Å². The van der Waals surface area contributed by atoms with Gasteiger partial charge in [0.25, 0.3) is 5.91 Å². The van der Waals surface area contributed by atoms with Crippen molar-refractivity contribution >= 4 is 21.6 Å². The Morgan fingerprint density at radius 1 is 1.25 bits per heavy atom. The fourth-order valence-electron chi connectivity index (χ4n) is 4.09. The van der Waals surface area contributed by atoms with Gasteiger partial charge in [0.1, 0.15) is 17.3 Å². The van der Waals surface area contributed by atoms with E-state index in [0.717, 1.165) is 24.8 Å². The fraction of sp³-hybridized carbons (Fsp3) is 0.320. The van der Waals surface area contributed by atoms with Gasteiger partial charge in [-0.25, -0.2) is 22.8 Å². The van der Waals surface area contributed by atoms with E-state index in [1.54, 1.807) is 12.3 Å². The molecule has 1 aliphatic rings. The number of nitrogens with zero attached hydrogens (tertiary/aromatic N) is 2. The molecule has 36 heavy (non-hydrogen) atoms. The lowest BCUT2D eigenvalue weighted by atomic mass is 9.96. The minimum atomic E-state index is -3.48. The van der Waals surface area contributed by atoms with Gasteiger partial charge in [0, 0.05) is 31.0 Å². The Morgan fingerprint density at radius 3 is 2.67 bits per heavy atom. The maximum Gasteiger partial charge on any atom is 0.254 e. The van der Waals surface area contributed by atoms with E-state index in [2.05, 4.69) is 15.3 Å². The van der Waals surface area contributed by atoms with Crippen LogP contribution in [0.25, 0.3) is 11.3 Å². The van der Waals surface area contributed by atoms with Gasteiger partial charge in [-0.3, -0.25) is 4.79 Å². The summed E-state index contributed by atoms with van der Waals surface area (Å²) in [5.74, 6) is -1.24. The van der Waals surface area contributed by atoms with Crippen LogP contribution in [0.2, 0.25) is 0 Å². The first-order valence-electron chi connectivity index (χ1n) is 11.4. The molecule has 190 valence electrons. The third kappa shape index (κ3) is 5.69. The lowest BCUT2D eigenvalue weighted by Gasteiger charge is -2.22. The first-order valence-corrected chi connectivity index (χ1v) is 13.3. The molecule has 1 aromatic heterocycles. The summed E-state index contributed by atoms with van der Waals surface area (Å²) in [5, 5.41) is 12.4. The van der Waals surface area contributed by atoms with Crippen LogP contribution in [0.4, 0.5) is 10.2 Å². The summed E-state index contributed by atoms with van der Waals surface area (Å²) in [6.07, 6.45) is 4.31. The second kappa shape index (κ2) is 10.7. The number of aliphatic hydroxyl groups is 1. The van der Waals surface area contributed by atoms with Crippen LogP contribution in [0.1, 0.15) is 46.4 Å². The molecule has 1 fully saturated rings. The van der Waals surface area contributed by atoms with Gasteiger partial charge in [-0.1, -0.05) is 18.2 Å². The van der Waals surface area contributed by atoms with E-state index in [-0.39, 0.29) is 22.2 Å². The summed E-state index contributed by atoms with van der Waals surface area (Å²) in [6, 6.07) is 8.94. The summed E-state index contributed by atoms with van der Waals surface area (Å²) in [5.41, 5.74) is 7.61. The lowest BCUT2D eigenvalue weighted by molar-refractivity contribution is 0.0844. The number of hydrogen-bond donors (Lipinski definition) is 3. The predicted octanol–water partition coefficient (Wildman–Crippen LogP) is 2.63. The van der Waals surface area contributed by atoms with E-state index in [9.17, 15) is 18.3 Å². The van der Waals surface area contributed by atoms with E-state index in [1.807, 2.05) is 0 Å². The molecule has 1 aliphatic heterocycles. The average Bonchev–Trinajstić information content (AvgIpc) is 2.87. The van der Waals surface area contributed by atoms with E-state index < -0.39 is 34.2 Å². The van der Waals surface area contributed by atoms with E-state index in [4.69, 9.17) is 10.5 Å². The molecule has 1 unspecified atom stereocenters. The molecule has 1 amide bonds. The van der Waals surface area contributed by atoms with Crippen molar-refractivity contribution in [3.05, 3.63) is 71.3 Å².